The largest absolute Gasteiger partial charge is 0.392 e. The first-order valence-electron chi connectivity index (χ1n) is 3.63. The van der Waals surface area contributed by atoms with Crippen molar-refractivity contribution in [1.82, 2.24) is 0 Å². The lowest BCUT2D eigenvalue weighted by Gasteiger charge is -2.21. The lowest BCUT2D eigenvalue weighted by Crippen LogP contribution is -2.45. The summed E-state index contributed by atoms with van der Waals surface area (Å²) in [5.74, 6) is 0. The standard InChI is InChI=1S/C6H10BNO4/c7-5-3(10)4(11)6(1-8,2-9)12-5/h3-5,9-11H,2,7H2/t3?,4?,5-,6-/m1/s1. The van der Waals surface area contributed by atoms with Crippen LogP contribution in [0.25, 0.3) is 0 Å². The van der Waals surface area contributed by atoms with Crippen molar-refractivity contribution in [3.8, 4) is 6.07 Å². The van der Waals surface area contributed by atoms with E-state index in [1.165, 1.54) is 7.85 Å². The summed E-state index contributed by atoms with van der Waals surface area (Å²) in [5.41, 5.74) is -1.65. The van der Waals surface area contributed by atoms with Gasteiger partial charge in [-0.2, -0.15) is 5.26 Å². The fourth-order valence-corrected chi connectivity index (χ4v) is 1.26. The second-order valence-corrected chi connectivity index (χ2v) is 2.92. The zero-order valence-electron chi connectivity index (χ0n) is 6.64. The number of hydrogen-bond acceptors (Lipinski definition) is 5. The van der Waals surface area contributed by atoms with Gasteiger partial charge in [0.15, 0.2) is 0 Å². The molecule has 2 unspecified atom stereocenters. The fourth-order valence-electron chi connectivity index (χ4n) is 1.26. The molecule has 0 amide bonds. The zero-order valence-corrected chi connectivity index (χ0v) is 6.64. The van der Waals surface area contributed by atoms with Crippen molar-refractivity contribution in [2.24, 2.45) is 0 Å². The van der Waals surface area contributed by atoms with Crippen molar-refractivity contribution in [3.63, 3.8) is 0 Å². The van der Waals surface area contributed by atoms with Crippen LogP contribution in [-0.2, 0) is 4.74 Å². The zero-order chi connectivity index (χ0) is 9.35. The van der Waals surface area contributed by atoms with Gasteiger partial charge in [0, 0.05) is 0 Å². The van der Waals surface area contributed by atoms with E-state index < -0.39 is 30.4 Å². The Bertz CT molecular complexity index is 218. The number of ether oxygens (including phenoxy) is 1. The van der Waals surface area contributed by atoms with Crippen molar-refractivity contribution in [1.29, 1.82) is 5.26 Å². The molecular weight excluding hydrogens is 161 g/mol. The van der Waals surface area contributed by atoms with E-state index in [4.69, 9.17) is 15.1 Å². The van der Waals surface area contributed by atoms with E-state index in [1.807, 2.05) is 0 Å². The number of rotatable bonds is 1. The molecule has 0 aromatic rings. The van der Waals surface area contributed by atoms with E-state index in [9.17, 15) is 10.2 Å². The van der Waals surface area contributed by atoms with E-state index in [2.05, 4.69) is 0 Å². The Morgan fingerprint density at radius 1 is 1.58 bits per heavy atom. The molecular formula is C6H10BNO4. The first kappa shape index (κ1) is 9.48. The van der Waals surface area contributed by atoms with Gasteiger partial charge in [-0.05, 0) is 0 Å². The Labute approximate surface area is 70.6 Å². The van der Waals surface area contributed by atoms with Crippen LogP contribution in [0.2, 0.25) is 0 Å². The van der Waals surface area contributed by atoms with E-state index in [0.29, 0.717) is 0 Å². The molecule has 1 heterocycles. The third-order valence-electron chi connectivity index (χ3n) is 2.10. The van der Waals surface area contributed by atoms with E-state index >= 15 is 0 Å². The first-order valence-corrected chi connectivity index (χ1v) is 3.63. The van der Waals surface area contributed by atoms with Gasteiger partial charge in [0.05, 0.1) is 12.6 Å². The highest BCUT2D eigenvalue weighted by molar-refractivity contribution is 6.11. The summed E-state index contributed by atoms with van der Waals surface area (Å²) in [7, 11) is 1.53. The second kappa shape index (κ2) is 3.03. The molecule has 0 aromatic carbocycles. The topological polar surface area (TPSA) is 93.7 Å². The van der Waals surface area contributed by atoms with E-state index in [-0.39, 0.29) is 0 Å². The van der Waals surface area contributed by atoms with E-state index in [0.717, 1.165) is 0 Å². The molecule has 6 heteroatoms. The molecule has 0 saturated carbocycles. The Balaban J connectivity index is 2.89. The van der Waals surface area contributed by atoms with Crippen LogP contribution in [0.1, 0.15) is 0 Å². The molecule has 4 atom stereocenters. The van der Waals surface area contributed by atoms with Crippen molar-refractivity contribution in [2.45, 2.75) is 23.8 Å². The van der Waals surface area contributed by atoms with Gasteiger partial charge in [0.25, 0.3) is 0 Å². The quantitative estimate of drug-likeness (QED) is 0.364. The average molecular weight is 171 g/mol. The van der Waals surface area contributed by atoms with Crippen molar-refractivity contribution >= 4 is 7.85 Å². The fraction of sp³-hybridized carbons (Fsp3) is 0.833. The van der Waals surface area contributed by atoms with Gasteiger partial charge in [-0.25, -0.2) is 0 Å². The van der Waals surface area contributed by atoms with Crippen LogP contribution in [0.15, 0.2) is 0 Å². The van der Waals surface area contributed by atoms with Gasteiger partial charge in [-0.1, -0.05) is 0 Å². The van der Waals surface area contributed by atoms with Crippen LogP contribution in [-0.4, -0.2) is 53.6 Å². The molecule has 0 aromatic heterocycles. The second-order valence-electron chi connectivity index (χ2n) is 2.92. The molecule has 1 saturated heterocycles. The number of aliphatic hydroxyl groups excluding tert-OH is 3. The number of nitrogens with zero attached hydrogens (tertiary/aromatic N) is 1. The molecule has 0 spiro atoms. The summed E-state index contributed by atoms with van der Waals surface area (Å²) in [6, 6.07) is 1.02. The molecule has 5 nitrogen and oxygen atoms in total. The van der Waals surface area contributed by atoms with Gasteiger partial charge in [-0.15, -0.1) is 0 Å². The highest BCUT2D eigenvalue weighted by Crippen LogP contribution is 2.28. The number of aliphatic hydroxyl groups is 3. The Hall–Kier alpha value is -0.605. The lowest BCUT2D eigenvalue weighted by molar-refractivity contribution is -0.0600. The third-order valence-corrected chi connectivity index (χ3v) is 2.10. The molecule has 12 heavy (non-hydrogen) atoms. The minimum Gasteiger partial charge on any atom is -0.392 e. The van der Waals surface area contributed by atoms with Crippen molar-refractivity contribution < 1.29 is 20.1 Å². The Kier molecular flexibility index (Phi) is 2.40. The Morgan fingerprint density at radius 3 is 2.33 bits per heavy atom. The molecule has 1 rings (SSSR count). The molecule has 1 aliphatic heterocycles. The molecule has 1 aliphatic rings. The van der Waals surface area contributed by atoms with E-state index in [1.54, 1.807) is 6.07 Å². The number of nitriles is 1. The van der Waals surface area contributed by atoms with Crippen LogP contribution < -0.4 is 0 Å². The smallest absolute Gasteiger partial charge is 0.204 e. The maximum Gasteiger partial charge on any atom is 0.204 e. The molecule has 0 bridgehead atoms. The normalized spacial score (nSPS) is 47.3. The monoisotopic (exact) mass is 171 g/mol. The summed E-state index contributed by atoms with van der Waals surface area (Å²) in [4.78, 5) is 0. The number of hydrogen-bond donors (Lipinski definition) is 3. The first-order chi connectivity index (χ1) is 5.57. The molecule has 0 aliphatic carbocycles. The van der Waals surface area contributed by atoms with Crippen LogP contribution in [0.3, 0.4) is 0 Å². The average Bonchev–Trinajstić information content (AvgIpc) is 2.30. The highest BCUT2D eigenvalue weighted by atomic mass is 16.6. The van der Waals surface area contributed by atoms with Crippen LogP contribution in [0, 0.1) is 11.3 Å². The minimum atomic E-state index is -1.65. The van der Waals surface area contributed by atoms with Gasteiger partial charge < -0.3 is 20.1 Å². The summed E-state index contributed by atoms with van der Waals surface area (Å²) >= 11 is 0. The van der Waals surface area contributed by atoms with Crippen molar-refractivity contribution in [2.75, 3.05) is 6.61 Å². The summed E-state index contributed by atoms with van der Waals surface area (Å²) in [5, 5.41) is 36.0. The molecule has 0 radical (unpaired) electrons. The van der Waals surface area contributed by atoms with Gasteiger partial charge in [0.1, 0.15) is 26.1 Å². The molecule has 1 fully saturated rings. The summed E-state index contributed by atoms with van der Waals surface area (Å²) < 4.78 is 4.96. The summed E-state index contributed by atoms with van der Waals surface area (Å²) in [6.07, 6.45) is -2.46. The predicted octanol–water partition coefficient (Wildman–Crippen LogP) is -3.05. The van der Waals surface area contributed by atoms with Gasteiger partial charge in [-0.3, -0.25) is 0 Å². The van der Waals surface area contributed by atoms with Gasteiger partial charge in [0.2, 0.25) is 5.60 Å². The lowest BCUT2D eigenvalue weighted by atomic mass is 9.90. The maximum absolute atomic E-state index is 9.32. The van der Waals surface area contributed by atoms with Crippen LogP contribution in [0.4, 0.5) is 0 Å². The van der Waals surface area contributed by atoms with Crippen molar-refractivity contribution in [3.05, 3.63) is 0 Å². The highest BCUT2D eigenvalue weighted by Gasteiger charge is 2.52. The summed E-state index contributed by atoms with van der Waals surface area (Å²) in [6.45, 7) is -0.619. The third kappa shape index (κ3) is 1.11. The minimum absolute atomic E-state index is 0.619. The predicted molar refractivity (Wildman–Crippen MR) is 40.9 cm³/mol. The van der Waals surface area contributed by atoms with Crippen LogP contribution >= 0.6 is 0 Å². The molecule has 3 N–H and O–H groups in total. The molecule has 66 valence electrons. The Morgan fingerprint density at radius 2 is 2.17 bits per heavy atom. The van der Waals surface area contributed by atoms with Crippen LogP contribution in [0.5, 0.6) is 0 Å². The SMILES string of the molecule is B[C@@H]1O[C@](C#N)(CO)C(O)C1O. The maximum atomic E-state index is 9.32. The van der Waals surface area contributed by atoms with Gasteiger partial charge >= 0.3 is 0 Å².